The Morgan fingerprint density at radius 2 is 2.29 bits per heavy atom. The molecule has 3 N–H and O–H groups in total. The number of hydrogen-bond donors (Lipinski definition) is 2. The molecule has 21 heavy (non-hydrogen) atoms. The van der Waals surface area contributed by atoms with Crippen LogP contribution in [0.15, 0.2) is 27.7 Å². The SMILES string of the molecule is NC(=O)CC(C(=O)O)N1C(=O)/C(=C\c2ccco2)SC1=S. The highest BCUT2D eigenvalue weighted by Crippen LogP contribution is 2.34. The molecule has 0 saturated carbocycles. The van der Waals surface area contributed by atoms with Crippen LogP contribution < -0.4 is 5.73 Å². The Labute approximate surface area is 128 Å². The molecule has 1 atom stereocenters. The van der Waals surface area contributed by atoms with Crippen LogP contribution in [0, 0.1) is 0 Å². The van der Waals surface area contributed by atoms with Crippen molar-refractivity contribution in [2.24, 2.45) is 5.73 Å². The molecule has 1 saturated heterocycles. The number of thiocarbonyl (C=S) groups is 1. The molecule has 1 fully saturated rings. The number of carboxylic acids is 1. The Balaban J connectivity index is 2.29. The summed E-state index contributed by atoms with van der Waals surface area (Å²) in [4.78, 5) is 35.6. The second kappa shape index (κ2) is 6.10. The summed E-state index contributed by atoms with van der Waals surface area (Å²) in [6.45, 7) is 0. The first-order valence-electron chi connectivity index (χ1n) is 5.72. The molecule has 7 nitrogen and oxygen atoms in total. The Morgan fingerprint density at radius 3 is 2.81 bits per heavy atom. The summed E-state index contributed by atoms with van der Waals surface area (Å²) in [7, 11) is 0. The van der Waals surface area contributed by atoms with E-state index >= 15 is 0 Å². The highest BCUT2D eigenvalue weighted by atomic mass is 32.2. The topological polar surface area (TPSA) is 114 Å². The van der Waals surface area contributed by atoms with Gasteiger partial charge in [0, 0.05) is 6.08 Å². The fourth-order valence-electron chi connectivity index (χ4n) is 1.73. The average Bonchev–Trinajstić information content (AvgIpc) is 2.97. The van der Waals surface area contributed by atoms with Crippen molar-refractivity contribution < 1.29 is 23.9 Å². The fourth-order valence-corrected chi connectivity index (χ4v) is 3.07. The molecule has 0 aliphatic carbocycles. The molecule has 1 aliphatic heterocycles. The number of rotatable bonds is 5. The number of carbonyl (C=O) groups excluding carboxylic acids is 2. The standard InChI is InChI=1S/C12H10N2O5S2/c13-9(15)5-7(11(17)18)14-10(16)8(21-12(14)20)4-6-2-1-3-19-6/h1-4,7H,5H2,(H2,13,15)(H,17,18)/b8-4+. The van der Waals surface area contributed by atoms with Gasteiger partial charge in [-0.05, 0) is 12.1 Å². The first kappa shape index (κ1) is 15.3. The van der Waals surface area contributed by atoms with Gasteiger partial charge in [-0.25, -0.2) is 4.79 Å². The molecular formula is C12H10N2O5S2. The second-order valence-electron chi connectivity index (χ2n) is 4.09. The van der Waals surface area contributed by atoms with E-state index in [2.05, 4.69) is 0 Å². The number of carbonyl (C=O) groups is 3. The van der Waals surface area contributed by atoms with Gasteiger partial charge in [0.1, 0.15) is 16.1 Å². The van der Waals surface area contributed by atoms with Gasteiger partial charge >= 0.3 is 5.97 Å². The lowest BCUT2D eigenvalue weighted by Gasteiger charge is -2.21. The van der Waals surface area contributed by atoms with Crippen molar-refractivity contribution >= 4 is 52.2 Å². The Bertz CT molecular complexity index is 638. The largest absolute Gasteiger partial charge is 0.480 e. The molecule has 2 amide bonds. The van der Waals surface area contributed by atoms with E-state index in [4.69, 9.17) is 27.5 Å². The van der Waals surface area contributed by atoms with Crippen molar-refractivity contribution in [3.63, 3.8) is 0 Å². The van der Waals surface area contributed by atoms with Crippen molar-refractivity contribution in [3.05, 3.63) is 29.1 Å². The lowest BCUT2D eigenvalue weighted by atomic mass is 10.1. The van der Waals surface area contributed by atoms with Crippen molar-refractivity contribution in [1.29, 1.82) is 0 Å². The van der Waals surface area contributed by atoms with Crippen molar-refractivity contribution in [2.75, 3.05) is 0 Å². The third kappa shape index (κ3) is 3.31. The molecule has 1 aromatic rings. The molecule has 0 aromatic carbocycles. The molecule has 0 radical (unpaired) electrons. The number of primary amides is 1. The summed E-state index contributed by atoms with van der Waals surface area (Å²) in [5, 5.41) is 9.15. The quantitative estimate of drug-likeness (QED) is 0.608. The Hall–Kier alpha value is -2.13. The molecule has 110 valence electrons. The number of nitrogens with zero attached hydrogens (tertiary/aromatic N) is 1. The van der Waals surface area contributed by atoms with Crippen LogP contribution in [-0.4, -0.2) is 38.2 Å². The molecule has 1 aliphatic rings. The maximum Gasteiger partial charge on any atom is 0.327 e. The molecule has 0 spiro atoms. The minimum atomic E-state index is -1.41. The van der Waals surface area contributed by atoms with Crippen LogP contribution in [-0.2, 0) is 14.4 Å². The molecule has 9 heteroatoms. The highest BCUT2D eigenvalue weighted by Gasteiger charge is 2.41. The summed E-state index contributed by atoms with van der Waals surface area (Å²) >= 11 is 5.97. The van der Waals surface area contributed by atoms with E-state index in [1.165, 1.54) is 12.3 Å². The van der Waals surface area contributed by atoms with Gasteiger partial charge < -0.3 is 15.3 Å². The summed E-state index contributed by atoms with van der Waals surface area (Å²) in [5.41, 5.74) is 5.01. The smallest absolute Gasteiger partial charge is 0.327 e. The second-order valence-corrected chi connectivity index (χ2v) is 5.77. The van der Waals surface area contributed by atoms with Crippen molar-refractivity contribution in [1.82, 2.24) is 4.90 Å². The predicted octanol–water partition coefficient (Wildman–Crippen LogP) is 0.809. The first-order valence-corrected chi connectivity index (χ1v) is 6.94. The van der Waals surface area contributed by atoms with E-state index in [-0.39, 0.29) is 9.23 Å². The van der Waals surface area contributed by atoms with Gasteiger partial charge in [0.05, 0.1) is 17.6 Å². The van der Waals surface area contributed by atoms with Gasteiger partial charge in [-0.15, -0.1) is 0 Å². The van der Waals surface area contributed by atoms with E-state index in [1.807, 2.05) is 0 Å². The van der Waals surface area contributed by atoms with Crippen LogP contribution in [0.2, 0.25) is 0 Å². The molecule has 2 rings (SSSR count). The van der Waals surface area contributed by atoms with Gasteiger partial charge in [-0.1, -0.05) is 24.0 Å². The van der Waals surface area contributed by atoms with Gasteiger partial charge in [0.15, 0.2) is 0 Å². The molecule has 1 unspecified atom stereocenters. The number of carboxylic acid groups (broad SMARTS) is 1. The number of thioether (sulfide) groups is 1. The normalized spacial score (nSPS) is 18.3. The maximum atomic E-state index is 12.3. The average molecular weight is 326 g/mol. The zero-order valence-corrected chi connectivity index (χ0v) is 12.1. The maximum absolute atomic E-state index is 12.3. The van der Waals surface area contributed by atoms with Crippen LogP contribution in [0.25, 0.3) is 6.08 Å². The van der Waals surface area contributed by atoms with Gasteiger partial charge in [0.2, 0.25) is 5.91 Å². The number of amides is 2. The van der Waals surface area contributed by atoms with Crippen molar-refractivity contribution in [2.45, 2.75) is 12.5 Å². The number of nitrogens with two attached hydrogens (primary N) is 1. The lowest BCUT2D eigenvalue weighted by molar-refractivity contribution is -0.146. The summed E-state index contributed by atoms with van der Waals surface area (Å²) < 4.78 is 5.15. The van der Waals surface area contributed by atoms with Gasteiger partial charge in [-0.2, -0.15) is 0 Å². The van der Waals surface area contributed by atoms with Gasteiger partial charge in [0.25, 0.3) is 5.91 Å². The third-order valence-electron chi connectivity index (χ3n) is 2.63. The van der Waals surface area contributed by atoms with Crippen LogP contribution in [0.1, 0.15) is 12.2 Å². The number of aliphatic carboxylic acids is 1. The fraction of sp³-hybridized carbons (Fsp3) is 0.167. The zero-order chi connectivity index (χ0) is 15.6. The van der Waals surface area contributed by atoms with Gasteiger partial charge in [-0.3, -0.25) is 14.5 Å². The summed E-state index contributed by atoms with van der Waals surface area (Å²) in [6, 6.07) is 1.89. The highest BCUT2D eigenvalue weighted by molar-refractivity contribution is 8.26. The van der Waals surface area contributed by atoms with E-state index in [0.717, 1.165) is 16.7 Å². The molecule has 0 bridgehead atoms. The summed E-state index contributed by atoms with van der Waals surface area (Å²) in [5.74, 6) is -2.32. The van der Waals surface area contributed by atoms with Crippen LogP contribution in [0.5, 0.6) is 0 Å². The predicted molar refractivity (Wildman–Crippen MR) is 79.0 cm³/mol. The Kier molecular flexibility index (Phi) is 4.43. The molecule has 2 heterocycles. The number of hydrogen-bond acceptors (Lipinski definition) is 6. The van der Waals surface area contributed by atoms with E-state index in [1.54, 1.807) is 12.1 Å². The van der Waals surface area contributed by atoms with Crippen LogP contribution in [0.4, 0.5) is 0 Å². The first-order chi connectivity index (χ1) is 9.90. The Morgan fingerprint density at radius 1 is 1.57 bits per heavy atom. The minimum absolute atomic E-state index is 0.0615. The van der Waals surface area contributed by atoms with E-state index in [0.29, 0.717) is 5.76 Å². The van der Waals surface area contributed by atoms with E-state index < -0.39 is 30.2 Å². The number of furan rings is 1. The van der Waals surface area contributed by atoms with E-state index in [9.17, 15) is 14.4 Å². The van der Waals surface area contributed by atoms with Crippen LogP contribution >= 0.6 is 24.0 Å². The zero-order valence-electron chi connectivity index (χ0n) is 10.5. The van der Waals surface area contributed by atoms with Crippen molar-refractivity contribution in [3.8, 4) is 0 Å². The molecule has 1 aromatic heterocycles. The lowest BCUT2D eigenvalue weighted by Crippen LogP contribution is -2.46. The van der Waals surface area contributed by atoms with Crippen LogP contribution in [0.3, 0.4) is 0 Å². The molecular weight excluding hydrogens is 316 g/mol. The summed E-state index contributed by atoms with van der Waals surface area (Å²) in [6.07, 6.45) is 2.40. The minimum Gasteiger partial charge on any atom is -0.480 e. The monoisotopic (exact) mass is 326 g/mol. The third-order valence-corrected chi connectivity index (χ3v) is 3.96.